The summed E-state index contributed by atoms with van der Waals surface area (Å²) in [5.74, 6) is 2.18. The van der Waals surface area contributed by atoms with E-state index in [-0.39, 0.29) is 5.91 Å². The van der Waals surface area contributed by atoms with Gasteiger partial charge >= 0.3 is 0 Å². The SMILES string of the molecule is COc1cc(-c2cc(C(=O)N3CCC[C@H](C)C3)c3ccccc3n2)cc(OC)c1OC. The van der Waals surface area contributed by atoms with Gasteiger partial charge in [0, 0.05) is 24.0 Å². The van der Waals surface area contributed by atoms with Gasteiger partial charge in [0.2, 0.25) is 5.75 Å². The van der Waals surface area contributed by atoms with Crippen LogP contribution in [0.15, 0.2) is 42.5 Å². The van der Waals surface area contributed by atoms with Gasteiger partial charge in [-0.05, 0) is 43.0 Å². The molecule has 1 saturated heterocycles. The van der Waals surface area contributed by atoms with E-state index < -0.39 is 0 Å². The molecule has 0 spiro atoms. The first-order valence-corrected chi connectivity index (χ1v) is 10.5. The molecule has 0 unspecified atom stereocenters. The van der Waals surface area contributed by atoms with Gasteiger partial charge in [-0.25, -0.2) is 4.98 Å². The number of fused-ring (bicyclic) bond motifs is 1. The Labute approximate surface area is 182 Å². The summed E-state index contributed by atoms with van der Waals surface area (Å²) in [6.45, 7) is 3.78. The molecule has 1 aromatic heterocycles. The molecule has 1 atom stereocenters. The minimum absolute atomic E-state index is 0.0545. The minimum Gasteiger partial charge on any atom is -0.493 e. The molecule has 0 saturated carbocycles. The van der Waals surface area contributed by atoms with E-state index in [9.17, 15) is 4.79 Å². The highest BCUT2D eigenvalue weighted by Crippen LogP contribution is 2.41. The molecule has 0 N–H and O–H groups in total. The van der Waals surface area contributed by atoms with E-state index in [0.717, 1.165) is 42.4 Å². The molecule has 1 aliphatic rings. The first-order chi connectivity index (χ1) is 15.0. The molecular formula is C25H28N2O4. The molecule has 162 valence electrons. The van der Waals surface area contributed by atoms with E-state index in [2.05, 4.69) is 6.92 Å². The number of likely N-dealkylation sites (tertiary alicyclic amines) is 1. The molecule has 1 amide bonds. The second-order valence-electron chi connectivity index (χ2n) is 7.98. The van der Waals surface area contributed by atoms with E-state index >= 15 is 0 Å². The summed E-state index contributed by atoms with van der Waals surface area (Å²) in [6, 6.07) is 13.4. The van der Waals surface area contributed by atoms with Gasteiger partial charge in [0.1, 0.15) is 0 Å². The molecule has 2 heterocycles. The number of hydrogen-bond acceptors (Lipinski definition) is 5. The van der Waals surface area contributed by atoms with Crippen molar-refractivity contribution in [1.82, 2.24) is 9.88 Å². The predicted octanol–water partition coefficient (Wildman–Crippen LogP) is 4.80. The van der Waals surface area contributed by atoms with Gasteiger partial charge in [-0.3, -0.25) is 4.79 Å². The van der Waals surface area contributed by atoms with Crippen molar-refractivity contribution >= 4 is 16.8 Å². The standard InChI is InChI=1S/C25H28N2O4/c1-16-8-7-11-27(15-16)25(28)19-14-21(26-20-10-6-5-9-18(19)20)17-12-22(29-2)24(31-4)23(13-17)30-3/h5-6,9-10,12-14,16H,7-8,11,15H2,1-4H3/t16-/m0/s1. The lowest BCUT2D eigenvalue weighted by Crippen LogP contribution is -2.39. The molecule has 31 heavy (non-hydrogen) atoms. The number of piperidine rings is 1. The van der Waals surface area contributed by atoms with Crippen LogP contribution in [-0.2, 0) is 0 Å². The number of pyridine rings is 1. The van der Waals surface area contributed by atoms with Gasteiger partial charge in [-0.15, -0.1) is 0 Å². The Morgan fingerprint density at radius 2 is 1.74 bits per heavy atom. The van der Waals surface area contributed by atoms with Crippen LogP contribution in [0.4, 0.5) is 0 Å². The van der Waals surface area contributed by atoms with Gasteiger partial charge in [0.05, 0.1) is 38.1 Å². The number of ether oxygens (including phenoxy) is 3. The van der Waals surface area contributed by atoms with E-state index in [1.165, 1.54) is 0 Å². The molecule has 1 fully saturated rings. The molecule has 6 nitrogen and oxygen atoms in total. The van der Waals surface area contributed by atoms with Crippen LogP contribution in [0.1, 0.15) is 30.1 Å². The fourth-order valence-corrected chi connectivity index (χ4v) is 4.27. The lowest BCUT2D eigenvalue weighted by Gasteiger charge is -2.31. The van der Waals surface area contributed by atoms with Gasteiger partial charge in [-0.2, -0.15) is 0 Å². The number of carbonyl (C=O) groups excluding carboxylic acids is 1. The maximum Gasteiger partial charge on any atom is 0.254 e. The monoisotopic (exact) mass is 420 g/mol. The van der Waals surface area contributed by atoms with Crippen molar-refractivity contribution in [2.75, 3.05) is 34.4 Å². The van der Waals surface area contributed by atoms with Crippen LogP contribution in [0.5, 0.6) is 17.2 Å². The number of aromatic nitrogens is 1. The Hall–Kier alpha value is -3.28. The number of rotatable bonds is 5. The Bertz CT molecular complexity index is 1090. The van der Waals surface area contributed by atoms with Crippen molar-refractivity contribution in [2.24, 2.45) is 5.92 Å². The third-order valence-corrected chi connectivity index (χ3v) is 5.85. The summed E-state index contributed by atoms with van der Waals surface area (Å²) in [6.07, 6.45) is 2.20. The summed E-state index contributed by atoms with van der Waals surface area (Å²) in [4.78, 5) is 20.3. The summed E-state index contributed by atoms with van der Waals surface area (Å²) < 4.78 is 16.4. The van der Waals surface area contributed by atoms with Crippen LogP contribution >= 0.6 is 0 Å². The number of amides is 1. The maximum atomic E-state index is 13.5. The highest BCUT2D eigenvalue weighted by Gasteiger charge is 2.25. The lowest BCUT2D eigenvalue weighted by molar-refractivity contribution is 0.0685. The molecule has 2 aromatic carbocycles. The normalized spacial score (nSPS) is 16.3. The zero-order chi connectivity index (χ0) is 22.0. The van der Waals surface area contributed by atoms with Crippen molar-refractivity contribution in [1.29, 1.82) is 0 Å². The average Bonchev–Trinajstić information content (AvgIpc) is 2.81. The van der Waals surface area contributed by atoms with Gasteiger partial charge < -0.3 is 19.1 Å². The molecule has 0 radical (unpaired) electrons. The Kier molecular flexibility index (Phi) is 5.98. The van der Waals surface area contributed by atoms with Crippen LogP contribution in [0.3, 0.4) is 0 Å². The fourth-order valence-electron chi connectivity index (χ4n) is 4.27. The Balaban J connectivity index is 1.86. The predicted molar refractivity (Wildman–Crippen MR) is 121 cm³/mol. The minimum atomic E-state index is 0.0545. The third-order valence-electron chi connectivity index (χ3n) is 5.85. The van der Waals surface area contributed by atoms with E-state index in [1.54, 1.807) is 21.3 Å². The van der Waals surface area contributed by atoms with Gasteiger partial charge in [0.25, 0.3) is 5.91 Å². The second kappa shape index (κ2) is 8.84. The molecule has 0 aliphatic carbocycles. The highest BCUT2D eigenvalue weighted by molar-refractivity contribution is 6.07. The van der Waals surface area contributed by atoms with Crippen molar-refractivity contribution in [3.8, 4) is 28.5 Å². The van der Waals surface area contributed by atoms with Crippen molar-refractivity contribution in [2.45, 2.75) is 19.8 Å². The smallest absolute Gasteiger partial charge is 0.254 e. The summed E-state index contributed by atoms with van der Waals surface area (Å²) in [5, 5.41) is 0.863. The average molecular weight is 421 g/mol. The highest BCUT2D eigenvalue weighted by atomic mass is 16.5. The Morgan fingerprint density at radius 1 is 1.03 bits per heavy atom. The van der Waals surface area contributed by atoms with Crippen molar-refractivity contribution in [3.05, 3.63) is 48.0 Å². The summed E-state index contributed by atoms with van der Waals surface area (Å²) in [5.41, 5.74) is 2.93. The first-order valence-electron chi connectivity index (χ1n) is 10.5. The van der Waals surface area contributed by atoms with E-state index in [1.807, 2.05) is 47.4 Å². The number of benzene rings is 2. The number of nitrogens with zero attached hydrogens (tertiary/aromatic N) is 2. The van der Waals surface area contributed by atoms with Crippen LogP contribution in [-0.4, -0.2) is 50.2 Å². The summed E-state index contributed by atoms with van der Waals surface area (Å²) in [7, 11) is 4.74. The van der Waals surface area contributed by atoms with Crippen LogP contribution in [0, 0.1) is 5.92 Å². The van der Waals surface area contributed by atoms with Crippen LogP contribution < -0.4 is 14.2 Å². The first kappa shape index (κ1) is 21.0. The second-order valence-corrected chi connectivity index (χ2v) is 7.98. The topological polar surface area (TPSA) is 60.9 Å². The zero-order valence-electron chi connectivity index (χ0n) is 18.5. The number of carbonyl (C=O) groups is 1. The summed E-state index contributed by atoms with van der Waals surface area (Å²) >= 11 is 0. The zero-order valence-corrected chi connectivity index (χ0v) is 18.5. The van der Waals surface area contributed by atoms with Crippen molar-refractivity contribution < 1.29 is 19.0 Å². The maximum absolute atomic E-state index is 13.5. The van der Waals surface area contributed by atoms with E-state index in [4.69, 9.17) is 19.2 Å². The molecule has 6 heteroatoms. The molecule has 3 aromatic rings. The fraction of sp³-hybridized carbons (Fsp3) is 0.360. The number of hydrogen-bond donors (Lipinski definition) is 0. The number of methoxy groups -OCH3 is 3. The van der Waals surface area contributed by atoms with Gasteiger partial charge in [0.15, 0.2) is 11.5 Å². The lowest BCUT2D eigenvalue weighted by atomic mass is 9.98. The molecule has 4 rings (SSSR count). The van der Waals surface area contributed by atoms with E-state index in [0.29, 0.717) is 34.4 Å². The molecule has 0 bridgehead atoms. The van der Waals surface area contributed by atoms with Crippen molar-refractivity contribution in [3.63, 3.8) is 0 Å². The third kappa shape index (κ3) is 4.02. The number of para-hydroxylation sites is 1. The van der Waals surface area contributed by atoms with Crippen LogP contribution in [0.2, 0.25) is 0 Å². The largest absolute Gasteiger partial charge is 0.493 e. The Morgan fingerprint density at radius 3 is 2.39 bits per heavy atom. The van der Waals surface area contributed by atoms with Crippen LogP contribution in [0.25, 0.3) is 22.2 Å². The molecule has 1 aliphatic heterocycles. The molecular weight excluding hydrogens is 392 g/mol. The van der Waals surface area contributed by atoms with Gasteiger partial charge in [-0.1, -0.05) is 25.1 Å². The quantitative estimate of drug-likeness (QED) is 0.593.